The number of carboxylic acid groups (broad SMARTS) is 1. The van der Waals surface area contributed by atoms with Crippen molar-refractivity contribution in [2.75, 3.05) is 0 Å². The smallest absolute Gasteiger partial charge is 0.303 e. The van der Waals surface area contributed by atoms with Crippen molar-refractivity contribution in [2.24, 2.45) is 0 Å². The zero-order valence-electron chi connectivity index (χ0n) is 8.74. The van der Waals surface area contributed by atoms with E-state index < -0.39 is 10.9 Å². The third-order valence-electron chi connectivity index (χ3n) is 2.29. The van der Waals surface area contributed by atoms with Crippen LogP contribution in [0.1, 0.15) is 12.1 Å². The molecule has 0 spiro atoms. The molecule has 0 atom stereocenters. The van der Waals surface area contributed by atoms with Gasteiger partial charge in [-0.15, -0.1) is 0 Å². The maximum Gasteiger partial charge on any atom is 0.303 e. The second-order valence-corrected chi connectivity index (χ2v) is 3.54. The number of hydrogen-bond donors (Lipinski definition) is 1. The fraction of sp³-hybridized carbons (Fsp3) is 0.200. The molecule has 0 aliphatic rings. The number of imidazole rings is 1. The number of nitrogens with zero attached hydrogens (tertiary/aromatic N) is 3. The largest absolute Gasteiger partial charge is 0.481 e. The molecule has 2 aromatic heterocycles. The number of hydrogen-bond acceptors (Lipinski definition) is 4. The summed E-state index contributed by atoms with van der Waals surface area (Å²) in [5.41, 5.74) is 1.14. The maximum atomic E-state index is 10.6. The molecule has 17 heavy (non-hydrogen) atoms. The predicted molar refractivity (Wildman–Crippen MR) is 57.8 cm³/mol. The van der Waals surface area contributed by atoms with Crippen molar-refractivity contribution in [1.29, 1.82) is 0 Å². The number of fused-ring (bicyclic) bond motifs is 1. The average molecular weight is 235 g/mol. The summed E-state index contributed by atoms with van der Waals surface area (Å²) in [5, 5.41) is 19.1. The first-order valence-electron chi connectivity index (χ1n) is 4.90. The normalized spacial score (nSPS) is 10.6. The molecule has 0 saturated carbocycles. The molecular formula is C10H9N3O4. The standard InChI is InChI=1S/C10H9N3O4/c14-10(15)4-1-7-5-12-6-8(13(16)17)2-3-9(12)11-7/h2-3,5-6H,1,4H2,(H,14,15). The van der Waals surface area contributed by atoms with E-state index in [0.717, 1.165) is 0 Å². The lowest BCUT2D eigenvalue weighted by atomic mass is 10.2. The van der Waals surface area contributed by atoms with Gasteiger partial charge in [0.05, 0.1) is 23.2 Å². The molecule has 7 nitrogen and oxygen atoms in total. The van der Waals surface area contributed by atoms with Gasteiger partial charge in [0.1, 0.15) is 5.65 Å². The van der Waals surface area contributed by atoms with E-state index >= 15 is 0 Å². The van der Waals surface area contributed by atoms with Gasteiger partial charge < -0.3 is 5.11 Å². The number of carbonyl (C=O) groups is 1. The highest BCUT2D eigenvalue weighted by atomic mass is 16.6. The average Bonchev–Trinajstić information content (AvgIpc) is 2.67. The first-order valence-corrected chi connectivity index (χ1v) is 4.90. The van der Waals surface area contributed by atoms with E-state index in [4.69, 9.17) is 5.11 Å². The zero-order chi connectivity index (χ0) is 12.4. The van der Waals surface area contributed by atoms with Crippen LogP contribution in [0.25, 0.3) is 5.65 Å². The summed E-state index contributed by atoms with van der Waals surface area (Å²) >= 11 is 0. The van der Waals surface area contributed by atoms with Crippen LogP contribution in [-0.2, 0) is 11.2 Å². The molecule has 0 fully saturated rings. The number of aliphatic carboxylic acids is 1. The Hall–Kier alpha value is -2.44. The second-order valence-electron chi connectivity index (χ2n) is 3.54. The molecule has 2 rings (SSSR count). The molecule has 2 heterocycles. The molecule has 0 bridgehead atoms. The highest BCUT2D eigenvalue weighted by Gasteiger charge is 2.09. The number of aryl methyl sites for hydroxylation is 1. The van der Waals surface area contributed by atoms with Crippen LogP contribution >= 0.6 is 0 Å². The minimum Gasteiger partial charge on any atom is -0.481 e. The first kappa shape index (κ1) is 11.1. The number of rotatable bonds is 4. The Morgan fingerprint density at radius 2 is 2.24 bits per heavy atom. The molecule has 0 saturated heterocycles. The monoisotopic (exact) mass is 235 g/mol. The fourth-order valence-corrected chi connectivity index (χ4v) is 1.50. The van der Waals surface area contributed by atoms with Gasteiger partial charge in [-0.2, -0.15) is 0 Å². The maximum absolute atomic E-state index is 10.6. The SMILES string of the molecule is O=C(O)CCc1cn2cc([N+](=O)[O-])ccc2n1. The van der Waals surface area contributed by atoms with E-state index in [1.165, 1.54) is 22.7 Å². The van der Waals surface area contributed by atoms with E-state index in [9.17, 15) is 14.9 Å². The Morgan fingerprint density at radius 1 is 1.47 bits per heavy atom. The molecule has 2 aromatic rings. The molecular weight excluding hydrogens is 226 g/mol. The molecule has 0 radical (unpaired) electrons. The Labute approximate surface area is 95.5 Å². The fourth-order valence-electron chi connectivity index (χ4n) is 1.50. The summed E-state index contributed by atoms with van der Waals surface area (Å²) in [5.74, 6) is -0.895. The first-order chi connectivity index (χ1) is 8.06. The number of aromatic nitrogens is 2. The van der Waals surface area contributed by atoms with Crippen molar-refractivity contribution in [3.05, 3.63) is 40.3 Å². The van der Waals surface area contributed by atoms with E-state index in [2.05, 4.69) is 4.98 Å². The van der Waals surface area contributed by atoms with Crippen LogP contribution in [0.5, 0.6) is 0 Å². The van der Waals surface area contributed by atoms with Crippen molar-refractivity contribution in [1.82, 2.24) is 9.38 Å². The number of carboxylic acids is 1. The van der Waals surface area contributed by atoms with Crippen molar-refractivity contribution in [2.45, 2.75) is 12.8 Å². The highest BCUT2D eigenvalue weighted by molar-refractivity contribution is 5.67. The van der Waals surface area contributed by atoms with Crippen LogP contribution < -0.4 is 0 Å². The minimum atomic E-state index is -0.895. The van der Waals surface area contributed by atoms with E-state index in [-0.39, 0.29) is 12.1 Å². The van der Waals surface area contributed by atoms with Gasteiger partial charge in [0.2, 0.25) is 0 Å². The van der Waals surface area contributed by atoms with Crippen molar-refractivity contribution in [3.63, 3.8) is 0 Å². The second kappa shape index (κ2) is 4.20. The molecule has 0 aliphatic carbocycles. The highest BCUT2D eigenvalue weighted by Crippen LogP contribution is 2.14. The van der Waals surface area contributed by atoms with Gasteiger partial charge in [-0.1, -0.05) is 0 Å². The third-order valence-corrected chi connectivity index (χ3v) is 2.29. The quantitative estimate of drug-likeness (QED) is 0.635. The van der Waals surface area contributed by atoms with Gasteiger partial charge >= 0.3 is 5.97 Å². The van der Waals surface area contributed by atoms with Crippen LogP contribution in [0, 0.1) is 10.1 Å². The van der Waals surface area contributed by atoms with Gasteiger partial charge in [-0.3, -0.25) is 19.3 Å². The van der Waals surface area contributed by atoms with Crippen molar-refractivity contribution in [3.8, 4) is 0 Å². The number of pyridine rings is 1. The summed E-state index contributed by atoms with van der Waals surface area (Å²) in [7, 11) is 0. The summed E-state index contributed by atoms with van der Waals surface area (Å²) in [6.45, 7) is 0. The predicted octanol–water partition coefficient (Wildman–Crippen LogP) is 1.26. The molecule has 0 unspecified atom stereocenters. The Balaban J connectivity index is 2.30. The topological polar surface area (TPSA) is 97.7 Å². The van der Waals surface area contributed by atoms with E-state index in [1.807, 2.05) is 0 Å². The summed E-state index contributed by atoms with van der Waals surface area (Å²) in [4.78, 5) is 24.6. The summed E-state index contributed by atoms with van der Waals surface area (Å²) in [6.07, 6.45) is 3.26. The van der Waals surface area contributed by atoms with Gasteiger partial charge in [0, 0.05) is 18.7 Å². The van der Waals surface area contributed by atoms with Crippen molar-refractivity contribution >= 4 is 17.3 Å². The van der Waals surface area contributed by atoms with Gasteiger partial charge in [-0.05, 0) is 6.07 Å². The zero-order valence-corrected chi connectivity index (χ0v) is 8.74. The van der Waals surface area contributed by atoms with Crippen molar-refractivity contribution < 1.29 is 14.8 Å². The lowest BCUT2D eigenvalue weighted by Crippen LogP contribution is -1.97. The van der Waals surface area contributed by atoms with Gasteiger partial charge in [0.15, 0.2) is 0 Å². The molecule has 88 valence electrons. The molecule has 0 aliphatic heterocycles. The van der Waals surface area contributed by atoms with Crippen LogP contribution in [0.3, 0.4) is 0 Å². The minimum absolute atomic E-state index is 0.00796. The Kier molecular flexibility index (Phi) is 2.73. The summed E-state index contributed by atoms with van der Waals surface area (Å²) in [6, 6.07) is 2.89. The molecule has 1 N–H and O–H groups in total. The van der Waals surface area contributed by atoms with E-state index in [1.54, 1.807) is 6.20 Å². The van der Waals surface area contributed by atoms with Gasteiger partial charge in [-0.25, -0.2) is 4.98 Å². The van der Waals surface area contributed by atoms with Gasteiger partial charge in [0.25, 0.3) is 5.69 Å². The lowest BCUT2D eigenvalue weighted by Gasteiger charge is -1.92. The van der Waals surface area contributed by atoms with Crippen LogP contribution in [0.15, 0.2) is 24.5 Å². The summed E-state index contributed by atoms with van der Waals surface area (Å²) < 4.78 is 1.52. The van der Waals surface area contributed by atoms with Crippen LogP contribution in [0.4, 0.5) is 5.69 Å². The van der Waals surface area contributed by atoms with Crippen LogP contribution in [-0.4, -0.2) is 25.4 Å². The van der Waals surface area contributed by atoms with Crippen LogP contribution in [0.2, 0.25) is 0 Å². The molecule has 7 heteroatoms. The molecule has 0 aromatic carbocycles. The Morgan fingerprint density at radius 3 is 2.88 bits per heavy atom. The van der Waals surface area contributed by atoms with E-state index in [0.29, 0.717) is 17.8 Å². The number of nitro groups is 1. The molecule has 0 amide bonds. The lowest BCUT2D eigenvalue weighted by molar-refractivity contribution is -0.385. The third kappa shape index (κ3) is 2.39. The Bertz CT molecular complexity index is 590.